The molecule has 108 valence electrons. The number of amides is 2. The van der Waals surface area contributed by atoms with Crippen molar-refractivity contribution >= 4 is 17.6 Å². The van der Waals surface area contributed by atoms with E-state index in [-0.39, 0.29) is 30.3 Å². The lowest BCUT2D eigenvalue weighted by Crippen LogP contribution is -2.32. The van der Waals surface area contributed by atoms with E-state index in [0.717, 1.165) is 19.3 Å². The molecule has 1 aliphatic heterocycles. The molecule has 1 aromatic heterocycles. The third kappa shape index (κ3) is 2.43. The second-order valence-electron chi connectivity index (χ2n) is 5.33. The highest BCUT2D eigenvalue weighted by molar-refractivity contribution is 6.21. The molecule has 2 amide bonds. The summed E-state index contributed by atoms with van der Waals surface area (Å²) in [5.41, 5.74) is 0.686. The van der Waals surface area contributed by atoms with Gasteiger partial charge in [-0.3, -0.25) is 9.59 Å². The summed E-state index contributed by atoms with van der Waals surface area (Å²) < 4.78 is 0. The van der Waals surface area contributed by atoms with Crippen LogP contribution in [0.1, 0.15) is 31.2 Å². The van der Waals surface area contributed by atoms with Gasteiger partial charge in [-0.25, -0.2) is 9.88 Å². The summed E-state index contributed by atoms with van der Waals surface area (Å²) in [4.78, 5) is 30.1. The zero-order valence-electron chi connectivity index (χ0n) is 11.6. The molecule has 1 saturated carbocycles. The van der Waals surface area contributed by atoms with E-state index in [4.69, 9.17) is 5.11 Å². The standard InChI is InChI=1S/C16H16N2O3/c19-9-2-1-4-11-7-8-17-14(10-11)18-15(20)12-5-3-6-13(12)16(18)21/h7-8,10,12-13,19H,2-3,5-6,9H2. The fourth-order valence-electron chi connectivity index (χ4n) is 3.06. The molecule has 1 saturated heterocycles. The summed E-state index contributed by atoms with van der Waals surface area (Å²) in [7, 11) is 0. The molecular weight excluding hydrogens is 268 g/mol. The summed E-state index contributed by atoms with van der Waals surface area (Å²) in [5, 5.41) is 8.72. The van der Waals surface area contributed by atoms with E-state index in [2.05, 4.69) is 16.8 Å². The third-order valence-electron chi connectivity index (χ3n) is 4.04. The molecule has 1 N–H and O–H groups in total. The number of fused-ring (bicyclic) bond motifs is 1. The molecule has 2 unspecified atom stereocenters. The third-order valence-corrected chi connectivity index (χ3v) is 4.04. The van der Waals surface area contributed by atoms with Crippen LogP contribution in [0.4, 0.5) is 5.82 Å². The molecule has 5 heteroatoms. The predicted molar refractivity (Wildman–Crippen MR) is 76.1 cm³/mol. The monoisotopic (exact) mass is 284 g/mol. The summed E-state index contributed by atoms with van der Waals surface area (Å²) in [6, 6.07) is 3.38. The van der Waals surface area contributed by atoms with Crippen LogP contribution >= 0.6 is 0 Å². The van der Waals surface area contributed by atoms with Gasteiger partial charge in [0.15, 0.2) is 0 Å². The van der Waals surface area contributed by atoms with Crippen LogP contribution in [-0.4, -0.2) is 28.5 Å². The van der Waals surface area contributed by atoms with Crippen molar-refractivity contribution in [2.24, 2.45) is 11.8 Å². The van der Waals surface area contributed by atoms with Gasteiger partial charge in [-0.2, -0.15) is 0 Å². The van der Waals surface area contributed by atoms with Gasteiger partial charge in [-0.15, -0.1) is 0 Å². The van der Waals surface area contributed by atoms with E-state index in [1.165, 1.54) is 4.90 Å². The van der Waals surface area contributed by atoms with E-state index >= 15 is 0 Å². The smallest absolute Gasteiger partial charge is 0.238 e. The normalized spacial score (nSPS) is 24.0. The molecule has 3 rings (SSSR count). The van der Waals surface area contributed by atoms with Gasteiger partial charge >= 0.3 is 0 Å². The van der Waals surface area contributed by atoms with Crippen LogP contribution in [0.3, 0.4) is 0 Å². The van der Waals surface area contributed by atoms with E-state index < -0.39 is 0 Å². The molecule has 0 aromatic carbocycles. The van der Waals surface area contributed by atoms with Crippen molar-refractivity contribution in [3.63, 3.8) is 0 Å². The van der Waals surface area contributed by atoms with Gasteiger partial charge in [0.25, 0.3) is 0 Å². The molecule has 0 radical (unpaired) electrons. The molecule has 21 heavy (non-hydrogen) atoms. The number of aliphatic hydroxyl groups excluding tert-OH is 1. The molecule has 2 atom stereocenters. The Kier molecular flexibility index (Phi) is 3.72. The number of carbonyl (C=O) groups excluding carboxylic acids is 2. The zero-order valence-corrected chi connectivity index (χ0v) is 11.6. The van der Waals surface area contributed by atoms with E-state index in [1.807, 2.05) is 0 Å². The Bertz CT molecular complexity index is 622. The highest BCUT2D eigenvalue weighted by atomic mass is 16.2. The first kappa shape index (κ1) is 13.8. The van der Waals surface area contributed by atoms with Crippen LogP contribution in [0.15, 0.2) is 18.3 Å². The van der Waals surface area contributed by atoms with Gasteiger partial charge in [0, 0.05) is 18.2 Å². The number of nitrogens with zero attached hydrogens (tertiary/aromatic N) is 2. The van der Waals surface area contributed by atoms with Crippen molar-refractivity contribution < 1.29 is 14.7 Å². The van der Waals surface area contributed by atoms with Gasteiger partial charge in [0.2, 0.25) is 11.8 Å². The molecule has 1 aliphatic carbocycles. The molecule has 2 heterocycles. The number of anilines is 1. The maximum Gasteiger partial charge on any atom is 0.238 e. The van der Waals surface area contributed by atoms with Crippen LogP contribution in [0.25, 0.3) is 0 Å². The molecular formula is C16H16N2O3. The van der Waals surface area contributed by atoms with Crippen molar-refractivity contribution in [1.82, 2.24) is 4.98 Å². The molecule has 2 fully saturated rings. The average molecular weight is 284 g/mol. The van der Waals surface area contributed by atoms with Crippen molar-refractivity contribution in [2.45, 2.75) is 25.7 Å². The lowest BCUT2D eigenvalue weighted by atomic mass is 10.00. The summed E-state index contributed by atoms with van der Waals surface area (Å²) in [5.74, 6) is 5.48. The maximum absolute atomic E-state index is 12.4. The number of aliphatic hydroxyl groups is 1. The first-order valence-electron chi connectivity index (χ1n) is 7.16. The fourth-order valence-corrected chi connectivity index (χ4v) is 3.06. The van der Waals surface area contributed by atoms with E-state index in [9.17, 15) is 9.59 Å². The average Bonchev–Trinajstić information content (AvgIpc) is 3.05. The minimum absolute atomic E-state index is 0.0113. The Morgan fingerprint density at radius 1 is 1.29 bits per heavy atom. The van der Waals surface area contributed by atoms with Crippen LogP contribution in [0.2, 0.25) is 0 Å². The second-order valence-corrected chi connectivity index (χ2v) is 5.33. The largest absolute Gasteiger partial charge is 0.395 e. The van der Waals surface area contributed by atoms with Crippen LogP contribution in [-0.2, 0) is 9.59 Å². The van der Waals surface area contributed by atoms with Gasteiger partial charge in [-0.05, 0) is 25.0 Å². The van der Waals surface area contributed by atoms with E-state index in [1.54, 1.807) is 18.3 Å². The van der Waals surface area contributed by atoms with Crippen LogP contribution < -0.4 is 4.90 Å². The fraction of sp³-hybridized carbons (Fsp3) is 0.438. The number of aromatic nitrogens is 1. The maximum atomic E-state index is 12.4. The number of rotatable bonds is 2. The highest BCUT2D eigenvalue weighted by Crippen LogP contribution is 2.41. The summed E-state index contributed by atoms with van der Waals surface area (Å²) in [6.07, 6.45) is 4.47. The molecule has 0 bridgehead atoms. The van der Waals surface area contributed by atoms with Gasteiger partial charge in [0.05, 0.1) is 18.4 Å². The van der Waals surface area contributed by atoms with Gasteiger partial charge in [0.1, 0.15) is 5.82 Å². The Balaban J connectivity index is 1.88. The quantitative estimate of drug-likeness (QED) is 0.652. The SMILES string of the molecule is O=C1C2CCCC2C(=O)N1c1cc(C#CCCO)ccn1. The van der Waals surface area contributed by atoms with Crippen molar-refractivity contribution in [3.05, 3.63) is 23.9 Å². The van der Waals surface area contributed by atoms with Crippen molar-refractivity contribution in [1.29, 1.82) is 0 Å². The minimum Gasteiger partial charge on any atom is -0.395 e. The molecule has 0 spiro atoms. The Morgan fingerprint density at radius 3 is 2.67 bits per heavy atom. The number of pyridine rings is 1. The second kappa shape index (κ2) is 5.66. The first-order chi connectivity index (χ1) is 10.2. The number of carbonyl (C=O) groups is 2. The first-order valence-corrected chi connectivity index (χ1v) is 7.16. The summed E-state index contributed by atoms with van der Waals surface area (Å²) in [6.45, 7) is 0.0113. The molecule has 5 nitrogen and oxygen atoms in total. The van der Waals surface area contributed by atoms with Gasteiger partial charge < -0.3 is 5.11 Å². The Labute approximate surface area is 123 Å². The molecule has 2 aliphatic rings. The van der Waals surface area contributed by atoms with Crippen LogP contribution in [0.5, 0.6) is 0 Å². The molecule has 1 aromatic rings. The number of hydrogen-bond acceptors (Lipinski definition) is 4. The van der Waals surface area contributed by atoms with Crippen LogP contribution in [0, 0.1) is 23.7 Å². The lowest BCUT2D eigenvalue weighted by Gasteiger charge is -2.14. The predicted octanol–water partition coefficient (Wildman–Crippen LogP) is 1.10. The minimum atomic E-state index is -0.163. The Morgan fingerprint density at radius 2 is 2.00 bits per heavy atom. The Hall–Kier alpha value is -2.19. The summed E-state index contributed by atoms with van der Waals surface area (Å²) >= 11 is 0. The number of imide groups is 1. The van der Waals surface area contributed by atoms with Gasteiger partial charge in [-0.1, -0.05) is 18.3 Å². The van der Waals surface area contributed by atoms with E-state index in [0.29, 0.717) is 17.8 Å². The van der Waals surface area contributed by atoms with Crippen molar-refractivity contribution in [3.8, 4) is 11.8 Å². The lowest BCUT2D eigenvalue weighted by molar-refractivity contribution is -0.122. The topological polar surface area (TPSA) is 70.5 Å². The number of hydrogen-bond donors (Lipinski definition) is 1. The highest BCUT2D eigenvalue weighted by Gasteiger charge is 2.50. The van der Waals surface area contributed by atoms with Crippen molar-refractivity contribution in [2.75, 3.05) is 11.5 Å². The zero-order chi connectivity index (χ0) is 14.8.